The normalized spacial score (nSPS) is 17.2. The third-order valence-electron chi connectivity index (χ3n) is 2.97. The highest BCUT2D eigenvalue weighted by Crippen LogP contribution is 2.49. The van der Waals surface area contributed by atoms with Gasteiger partial charge in [0.2, 0.25) is 0 Å². The summed E-state index contributed by atoms with van der Waals surface area (Å²) in [6.07, 6.45) is 2.75. The molecule has 1 aliphatic rings. The Balaban J connectivity index is 2.06. The lowest BCUT2D eigenvalue weighted by atomic mass is 10.1. The van der Waals surface area contributed by atoms with Crippen molar-refractivity contribution in [1.29, 1.82) is 0 Å². The summed E-state index contributed by atoms with van der Waals surface area (Å²) >= 11 is 5.80. The van der Waals surface area contributed by atoms with Crippen molar-refractivity contribution in [2.45, 2.75) is 26.2 Å². The number of halogens is 1. The van der Waals surface area contributed by atoms with Crippen LogP contribution in [0.15, 0.2) is 24.3 Å². The molecule has 0 amide bonds. The van der Waals surface area contributed by atoms with E-state index in [1.165, 1.54) is 0 Å². The minimum atomic E-state index is -0.206. The number of hydrogen-bond acceptors (Lipinski definition) is 2. The molecule has 2 rings (SSSR count). The second-order valence-electron chi connectivity index (χ2n) is 3.98. The molecule has 0 unspecified atom stereocenters. The minimum absolute atomic E-state index is 0.118. The molecular formula is C12H13ClO2. The second-order valence-corrected chi connectivity index (χ2v) is 4.42. The molecular weight excluding hydrogens is 212 g/mol. The highest BCUT2D eigenvalue weighted by Gasteiger charge is 2.49. The average molecular weight is 225 g/mol. The summed E-state index contributed by atoms with van der Waals surface area (Å²) in [5.41, 5.74) is -0.206. The van der Waals surface area contributed by atoms with E-state index in [4.69, 9.17) is 16.3 Å². The van der Waals surface area contributed by atoms with Crippen LogP contribution in [0.5, 0.6) is 5.75 Å². The van der Waals surface area contributed by atoms with Crippen molar-refractivity contribution in [1.82, 2.24) is 0 Å². The Morgan fingerprint density at radius 2 is 2.27 bits per heavy atom. The average Bonchev–Trinajstić information content (AvgIpc) is 2.98. The molecule has 1 aromatic carbocycles. The van der Waals surface area contributed by atoms with Crippen LogP contribution < -0.4 is 4.74 Å². The lowest BCUT2D eigenvalue weighted by Gasteiger charge is -2.11. The first-order valence-electron chi connectivity index (χ1n) is 5.14. The zero-order chi connectivity index (χ0) is 10.9. The van der Waals surface area contributed by atoms with Gasteiger partial charge in [0.05, 0.1) is 5.41 Å². The maximum absolute atomic E-state index is 11.8. The van der Waals surface area contributed by atoms with Crippen LogP contribution in [0.25, 0.3) is 0 Å². The van der Waals surface area contributed by atoms with E-state index in [2.05, 4.69) is 0 Å². The van der Waals surface area contributed by atoms with Gasteiger partial charge in [0.1, 0.15) is 5.75 Å². The molecule has 2 nitrogen and oxygen atoms in total. The van der Waals surface area contributed by atoms with Gasteiger partial charge in [0.15, 0.2) is 0 Å². The van der Waals surface area contributed by atoms with Crippen molar-refractivity contribution in [3.8, 4) is 5.75 Å². The molecule has 0 N–H and O–H groups in total. The van der Waals surface area contributed by atoms with E-state index < -0.39 is 0 Å². The molecule has 0 aliphatic heterocycles. The first-order valence-corrected chi connectivity index (χ1v) is 5.52. The highest BCUT2D eigenvalue weighted by atomic mass is 35.5. The Hall–Kier alpha value is -1.02. The number of ether oxygens (including phenoxy) is 1. The Morgan fingerprint density at radius 3 is 2.80 bits per heavy atom. The number of hydrogen-bond donors (Lipinski definition) is 0. The predicted octanol–water partition coefficient (Wildman–Crippen LogP) is 3.44. The molecule has 15 heavy (non-hydrogen) atoms. The molecule has 0 atom stereocenters. The third kappa shape index (κ3) is 2.15. The number of carbonyl (C=O) groups is 1. The number of benzene rings is 1. The molecule has 1 aromatic rings. The molecule has 0 saturated heterocycles. The van der Waals surface area contributed by atoms with Crippen LogP contribution in [0, 0.1) is 5.41 Å². The third-order valence-corrected chi connectivity index (χ3v) is 3.21. The van der Waals surface area contributed by atoms with Crippen molar-refractivity contribution in [2.24, 2.45) is 5.41 Å². The van der Waals surface area contributed by atoms with E-state index in [9.17, 15) is 4.79 Å². The van der Waals surface area contributed by atoms with Crippen LogP contribution in [0.2, 0.25) is 5.02 Å². The first kappa shape index (κ1) is 10.5. The smallest absolute Gasteiger partial charge is 0.317 e. The van der Waals surface area contributed by atoms with Gasteiger partial charge in [0, 0.05) is 5.02 Å². The molecule has 80 valence electrons. The van der Waals surface area contributed by atoms with E-state index >= 15 is 0 Å². The Labute approximate surface area is 94.2 Å². The molecule has 0 spiro atoms. The van der Waals surface area contributed by atoms with E-state index in [-0.39, 0.29) is 11.4 Å². The van der Waals surface area contributed by atoms with Crippen LogP contribution in [0.1, 0.15) is 26.2 Å². The predicted molar refractivity (Wildman–Crippen MR) is 59.0 cm³/mol. The quantitative estimate of drug-likeness (QED) is 0.581. The van der Waals surface area contributed by atoms with Crippen LogP contribution in [0.4, 0.5) is 0 Å². The summed E-state index contributed by atoms with van der Waals surface area (Å²) < 4.78 is 5.29. The number of rotatable bonds is 3. The molecule has 0 radical (unpaired) electrons. The van der Waals surface area contributed by atoms with Crippen LogP contribution >= 0.6 is 11.6 Å². The van der Waals surface area contributed by atoms with E-state index in [1.807, 2.05) is 6.92 Å². The maximum atomic E-state index is 11.8. The van der Waals surface area contributed by atoms with Gasteiger partial charge in [-0.2, -0.15) is 0 Å². The number of esters is 1. The standard InChI is InChI=1S/C12H13ClO2/c1-2-12(6-7-12)11(14)15-10-5-3-4-9(13)8-10/h3-5,8H,2,6-7H2,1H3. The van der Waals surface area contributed by atoms with E-state index in [0.717, 1.165) is 19.3 Å². The van der Waals surface area contributed by atoms with Crippen molar-refractivity contribution in [3.63, 3.8) is 0 Å². The Morgan fingerprint density at radius 1 is 1.53 bits per heavy atom. The van der Waals surface area contributed by atoms with Gasteiger partial charge in [0.25, 0.3) is 0 Å². The second kappa shape index (κ2) is 3.86. The summed E-state index contributed by atoms with van der Waals surface area (Å²) in [7, 11) is 0. The SMILES string of the molecule is CCC1(C(=O)Oc2cccc(Cl)c2)CC1. The summed E-state index contributed by atoms with van der Waals surface area (Å²) in [5, 5.41) is 0.585. The topological polar surface area (TPSA) is 26.3 Å². The Kier molecular flexibility index (Phi) is 2.70. The fourth-order valence-corrected chi connectivity index (χ4v) is 1.78. The van der Waals surface area contributed by atoms with E-state index in [0.29, 0.717) is 10.8 Å². The van der Waals surface area contributed by atoms with Crippen molar-refractivity contribution in [3.05, 3.63) is 29.3 Å². The lowest BCUT2D eigenvalue weighted by molar-refractivity contribution is -0.140. The molecule has 3 heteroatoms. The molecule has 0 bridgehead atoms. The lowest BCUT2D eigenvalue weighted by Crippen LogP contribution is -2.21. The fraction of sp³-hybridized carbons (Fsp3) is 0.417. The maximum Gasteiger partial charge on any atom is 0.317 e. The van der Waals surface area contributed by atoms with Gasteiger partial charge in [-0.1, -0.05) is 24.6 Å². The summed E-state index contributed by atoms with van der Waals surface area (Å²) in [5.74, 6) is 0.416. The van der Waals surface area contributed by atoms with Crippen molar-refractivity contribution in [2.75, 3.05) is 0 Å². The summed E-state index contributed by atoms with van der Waals surface area (Å²) in [4.78, 5) is 11.8. The monoisotopic (exact) mass is 224 g/mol. The van der Waals surface area contributed by atoms with Gasteiger partial charge in [-0.05, 0) is 37.5 Å². The van der Waals surface area contributed by atoms with Crippen molar-refractivity contribution < 1.29 is 9.53 Å². The van der Waals surface area contributed by atoms with E-state index in [1.54, 1.807) is 24.3 Å². The van der Waals surface area contributed by atoms with Crippen LogP contribution in [0.3, 0.4) is 0 Å². The van der Waals surface area contributed by atoms with Crippen molar-refractivity contribution >= 4 is 17.6 Å². The van der Waals surface area contributed by atoms with Gasteiger partial charge in [-0.25, -0.2) is 0 Å². The minimum Gasteiger partial charge on any atom is -0.426 e. The van der Waals surface area contributed by atoms with Gasteiger partial charge in [-0.15, -0.1) is 0 Å². The van der Waals surface area contributed by atoms with Gasteiger partial charge >= 0.3 is 5.97 Å². The molecule has 1 aliphatic carbocycles. The van der Waals surface area contributed by atoms with Gasteiger partial charge in [-0.3, -0.25) is 4.79 Å². The molecule has 1 saturated carbocycles. The fourth-order valence-electron chi connectivity index (χ4n) is 1.60. The highest BCUT2D eigenvalue weighted by molar-refractivity contribution is 6.30. The van der Waals surface area contributed by atoms with Crippen LogP contribution in [-0.4, -0.2) is 5.97 Å². The molecule has 0 heterocycles. The zero-order valence-electron chi connectivity index (χ0n) is 8.63. The van der Waals surface area contributed by atoms with Gasteiger partial charge < -0.3 is 4.74 Å². The largest absolute Gasteiger partial charge is 0.426 e. The molecule has 1 fully saturated rings. The molecule has 0 aromatic heterocycles. The summed E-state index contributed by atoms with van der Waals surface area (Å²) in [6.45, 7) is 2.02. The summed E-state index contributed by atoms with van der Waals surface area (Å²) in [6, 6.07) is 6.93. The van der Waals surface area contributed by atoms with Crippen LogP contribution in [-0.2, 0) is 4.79 Å². The first-order chi connectivity index (χ1) is 7.16. The number of carbonyl (C=O) groups excluding carboxylic acids is 1. The Bertz CT molecular complexity index is 383. The zero-order valence-corrected chi connectivity index (χ0v) is 9.38.